The molecule has 5 fully saturated rings. The summed E-state index contributed by atoms with van der Waals surface area (Å²) in [4.78, 5) is 40.0. The largest absolute Gasteiger partial charge is 0.461 e. The van der Waals surface area contributed by atoms with Crippen molar-refractivity contribution in [1.82, 2.24) is 10.6 Å². The molecule has 0 aromatic carbocycles. The maximum absolute atomic E-state index is 13.5. The van der Waals surface area contributed by atoms with Gasteiger partial charge in [0, 0.05) is 12.8 Å². The molecule has 19 atom stereocenters. The van der Waals surface area contributed by atoms with Crippen molar-refractivity contribution >= 4 is 17.8 Å². The van der Waals surface area contributed by atoms with Gasteiger partial charge in [0.25, 0.3) is 0 Å². The first-order valence-corrected chi connectivity index (χ1v) is 27.2. The lowest BCUT2D eigenvalue weighted by atomic mass is 9.43. The van der Waals surface area contributed by atoms with Crippen LogP contribution < -0.4 is 10.6 Å². The third-order valence-electron chi connectivity index (χ3n) is 18.2. The third-order valence-corrected chi connectivity index (χ3v) is 18.2. The fraction of sp³-hybridized carbons (Fsp3) is 0.907. The van der Waals surface area contributed by atoms with Crippen LogP contribution in [0.1, 0.15) is 176 Å². The van der Waals surface area contributed by atoms with Crippen molar-refractivity contribution in [2.24, 2.45) is 52.3 Å². The van der Waals surface area contributed by atoms with E-state index in [1.165, 1.54) is 0 Å². The number of ether oxygens (including phenoxy) is 3. The molecule has 70 heavy (non-hydrogen) atoms. The van der Waals surface area contributed by atoms with Gasteiger partial charge in [-0.2, -0.15) is 0 Å². The minimum absolute atomic E-state index is 0.0627. The quantitative estimate of drug-likeness (QED) is 0.0344. The summed E-state index contributed by atoms with van der Waals surface area (Å²) in [5, 5.41) is 81.5. The highest BCUT2D eigenvalue weighted by Crippen LogP contribution is 2.68. The van der Waals surface area contributed by atoms with Crippen LogP contribution in [0, 0.1) is 52.3 Å². The minimum Gasteiger partial charge on any atom is -0.461 e. The highest BCUT2D eigenvalue weighted by atomic mass is 19.1. The molecule has 2 amide bonds. The van der Waals surface area contributed by atoms with Gasteiger partial charge < -0.3 is 60.6 Å². The number of carbonyl (C=O) groups excluding carboxylic acids is 3. The molecule has 15 nitrogen and oxygen atoms in total. The summed E-state index contributed by atoms with van der Waals surface area (Å²) in [6.45, 7) is 14.6. The van der Waals surface area contributed by atoms with Crippen molar-refractivity contribution in [1.29, 1.82) is 0 Å². The molecule has 0 aromatic rings. The zero-order valence-corrected chi connectivity index (χ0v) is 43.3. The maximum Gasteiger partial charge on any atom is 0.328 e. The van der Waals surface area contributed by atoms with Crippen LogP contribution in [-0.4, -0.2) is 134 Å². The van der Waals surface area contributed by atoms with Gasteiger partial charge in [-0.15, -0.1) is 0 Å². The van der Waals surface area contributed by atoms with Gasteiger partial charge in [0.2, 0.25) is 11.8 Å². The second-order valence-corrected chi connectivity index (χ2v) is 23.2. The van der Waals surface area contributed by atoms with Gasteiger partial charge in [0.15, 0.2) is 6.29 Å². The first-order chi connectivity index (χ1) is 33.1. The lowest BCUT2D eigenvalue weighted by Gasteiger charge is -2.62. The van der Waals surface area contributed by atoms with E-state index in [0.717, 1.165) is 96.3 Å². The summed E-state index contributed by atoms with van der Waals surface area (Å²) < 4.78 is 29.9. The Balaban J connectivity index is 1.07. The second kappa shape index (κ2) is 26.8. The molecular weight excluding hydrogens is 904 g/mol. The molecule has 9 N–H and O–H groups in total. The van der Waals surface area contributed by atoms with Crippen molar-refractivity contribution in [3.8, 4) is 0 Å². The number of carbonyl (C=O) groups is 3. The van der Waals surface area contributed by atoms with E-state index in [1.54, 1.807) is 20.8 Å². The number of halogens is 1. The van der Waals surface area contributed by atoms with Crippen LogP contribution in [-0.2, 0) is 28.6 Å². The van der Waals surface area contributed by atoms with Gasteiger partial charge in [-0.1, -0.05) is 86.6 Å². The molecule has 5 aliphatic rings. The monoisotopic (exact) mass is 997 g/mol. The summed E-state index contributed by atoms with van der Waals surface area (Å²) in [5.41, 5.74) is 0.215. The molecule has 11 unspecified atom stereocenters. The van der Waals surface area contributed by atoms with Gasteiger partial charge in [0.1, 0.15) is 43.2 Å². The van der Waals surface area contributed by atoms with E-state index in [9.17, 15) is 54.5 Å². The van der Waals surface area contributed by atoms with E-state index >= 15 is 0 Å². The van der Waals surface area contributed by atoms with Crippen LogP contribution in [0.5, 0.6) is 0 Å². The lowest BCUT2D eigenvalue weighted by molar-refractivity contribution is -0.303. The first-order valence-electron chi connectivity index (χ1n) is 27.2. The number of esters is 1. The molecule has 16 heteroatoms. The molecule has 5 rings (SSSR count). The van der Waals surface area contributed by atoms with Crippen molar-refractivity contribution in [2.75, 3.05) is 13.2 Å². The molecular formula is C54H93FN2O13. The van der Waals surface area contributed by atoms with Gasteiger partial charge in [-0.05, 0) is 136 Å². The van der Waals surface area contributed by atoms with Crippen LogP contribution in [0.4, 0.5) is 4.39 Å². The topological polar surface area (TPSA) is 245 Å². The van der Waals surface area contributed by atoms with E-state index in [1.807, 2.05) is 0 Å². The number of fused-ring (bicyclic) bond motifs is 5. The molecule has 4 aliphatic carbocycles. The molecule has 4 saturated carbocycles. The number of nitrogens with one attached hydrogen (secondary N) is 2. The number of hydrogen-bond acceptors (Lipinski definition) is 13. The molecule has 0 aromatic heterocycles. The van der Waals surface area contributed by atoms with Crippen LogP contribution in [0.3, 0.4) is 0 Å². The van der Waals surface area contributed by atoms with Gasteiger partial charge in [0.05, 0.1) is 36.8 Å². The summed E-state index contributed by atoms with van der Waals surface area (Å²) in [7, 11) is 0. The molecule has 0 bridgehead atoms. The first kappa shape index (κ1) is 58.6. The molecule has 1 saturated heterocycles. The highest BCUT2D eigenvalue weighted by Gasteiger charge is 2.63. The number of aliphatic hydroxyl groups is 7. The van der Waals surface area contributed by atoms with E-state index in [-0.39, 0.29) is 77.7 Å². The van der Waals surface area contributed by atoms with Crippen molar-refractivity contribution in [2.45, 2.75) is 244 Å². The molecule has 1 heterocycles. The summed E-state index contributed by atoms with van der Waals surface area (Å²) in [6.07, 6.45) is 5.02. The highest BCUT2D eigenvalue weighted by molar-refractivity contribution is 5.84. The number of allylic oxidation sites excluding steroid dienone is 1. The SMILES string of the molecule is C=C(F)CCCCCCCCCCC(=O)N[C@@H](COC1OC(COC(=O)C(NC(=O)CC[C@@H](C)C2CCC3C4C(CC[C@@]32C)[C@@]2(C)CC[C@@H](O)CC2C[C@H]4O)C(C)C)C(O)C(O)C1O)[C@H](O)[C@H](O)CC. The van der Waals surface area contributed by atoms with Crippen LogP contribution >= 0.6 is 0 Å². The Morgan fingerprint density at radius 3 is 2.03 bits per heavy atom. The average Bonchev–Trinajstić information content (AvgIpc) is 3.68. The zero-order chi connectivity index (χ0) is 51.5. The molecule has 0 radical (unpaired) electrons. The standard InChI is InChI=1S/C54H93FN2O13/c1-8-40(59)47(63)39(56-43(61)18-16-14-12-10-9-11-13-15-17-33(5)55)29-69-52-50(66)49(65)48(64)42(70-52)30-68-51(67)46(31(2)3)57-44(62)22-19-32(4)36-20-21-37-45-38(24-26-54(36,37)7)53(6)25-23-35(58)27-34(53)28-41(45)60/h31-32,34-42,45-50,52,58-60,63-66H,5,8-30H2,1-4,6-7H3,(H,56,61)(H,57,62)/t32-,34?,35-,36?,37?,38?,39+,40-,41-,42?,45?,46?,47+,48?,49?,50?,52?,53+,54-/m1/s1. The van der Waals surface area contributed by atoms with Crippen LogP contribution in [0.2, 0.25) is 0 Å². The van der Waals surface area contributed by atoms with E-state index in [2.05, 4.69) is 38.0 Å². The smallest absolute Gasteiger partial charge is 0.328 e. The van der Waals surface area contributed by atoms with E-state index in [0.29, 0.717) is 42.9 Å². The molecule has 0 spiro atoms. The van der Waals surface area contributed by atoms with Crippen molar-refractivity contribution < 1.29 is 68.7 Å². The fourth-order valence-electron chi connectivity index (χ4n) is 13.8. The Morgan fingerprint density at radius 1 is 0.771 bits per heavy atom. The Labute approximate surface area is 417 Å². The Morgan fingerprint density at radius 2 is 1.39 bits per heavy atom. The summed E-state index contributed by atoms with van der Waals surface area (Å²) in [6, 6.07) is -2.14. The third kappa shape index (κ3) is 14.7. The van der Waals surface area contributed by atoms with Crippen molar-refractivity contribution in [3.05, 3.63) is 12.4 Å². The normalized spacial score (nSPS) is 36.2. The van der Waals surface area contributed by atoms with Gasteiger partial charge in [-0.3, -0.25) is 9.59 Å². The number of hydrogen-bond donors (Lipinski definition) is 9. The zero-order valence-electron chi connectivity index (χ0n) is 43.3. The van der Waals surface area contributed by atoms with Crippen molar-refractivity contribution in [3.63, 3.8) is 0 Å². The molecule has 1 aliphatic heterocycles. The Hall–Kier alpha value is -2.28. The Kier molecular flexibility index (Phi) is 22.4. The summed E-state index contributed by atoms with van der Waals surface area (Å²) in [5.74, 6) is 0.0716. The van der Waals surface area contributed by atoms with E-state index in [4.69, 9.17) is 14.2 Å². The Bertz CT molecular complexity index is 1670. The fourth-order valence-corrected chi connectivity index (χ4v) is 13.8. The number of amides is 2. The number of aliphatic hydroxyl groups excluding tert-OH is 7. The van der Waals surface area contributed by atoms with Crippen LogP contribution in [0.15, 0.2) is 12.4 Å². The minimum atomic E-state index is -1.78. The average molecular weight is 997 g/mol. The number of rotatable bonds is 27. The maximum atomic E-state index is 13.5. The summed E-state index contributed by atoms with van der Waals surface area (Å²) >= 11 is 0. The molecule has 404 valence electrons. The van der Waals surface area contributed by atoms with Gasteiger partial charge in [-0.25, -0.2) is 9.18 Å². The van der Waals surface area contributed by atoms with Crippen LogP contribution in [0.25, 0.3) is 0 Å². The van der Waals surface area contributed by atoms with E-state index < -0.39 is 74.2 Å². The lowest BCUT2D eigenvalue weighted by Crippen LogP contribution is -2.60. The number of unbranched alkanes of at least 4 members (excludes halogenated alkanes) is 7. The second-order valence-electron chi connectivity index (χ2n) is 23.2. The predicted octanol–water partition coefficient (Wildman–Crippen LogP) is 5.90. The predicted molar refractivity (Wildman–Crippen MR) is 262 cm³/mol. The van der Waals surface area contributed by atoms with Gasteiger partial charge >= 0.3 is 5.97 Å².